The number of halogens is 1. The number of hydrogen-bond acceptors (Lipinski definition) is 5. The summed E-state index contributed by atoms with van der Waals surface area (Å²) in [6, 6.07) is 13.0. The second kappa shape index (κ2) is 8.47. The molecule has 0 N–H and O–H groups in total. The van der Waals surface area contributed by atoms with Gasteiger partial charge in [0.2, 0.25) is 0 Å². The molecule has 0 spiro atoms. The van der Waals surface area contributed by atoms with Crippen molar-refractivity contribution in [2.75, 3.05) is 31.1 Å². The zero-order valence-corrected chi connectivity index (χ0v) is 16.5. The maximum atomic E-state index is 11.4. The Hall–Kier alpha value is -2.15. The van der Waals surface area contributed by atoms with E-state index in [0.29, 0.717) is 18.2 Å². The molecule has 7 heteroatoms. The van der Waals surface area contributed by atoms with E-state index in [-0.39, 0.29) is 16.8 Å². The predicted octanol–water partition coefficient (Wildman–Crippen LogP) is 4.77. The van der Waals surface area contributed by atoms with Crippen molar-refractivity contribution < 1.29 is 9.66 Å². The lowest BCUT2D eigenvalue weighted by Crippen LogP contribution is -2.37. The first-order valence-corrected chi connectivity index (χ1v) is 10.1. The Labute approximate surface area is 169 Å². The smallest absolute Gasteiger partial charge is 0.270 e. The second-order valence-electron chi connectivity index (χ2n) is 7.37. The monoisotopic (exact) mass is 401 g/mol. The van der Waals surface area contributed by atoms with Crippen molar-refractivity contribution in [1.29, 1.82) is 0 Å². The third kappa shape index (κ3) is 4.14. The Morgan fingerprint density at radius 1 is 1.07 bits per heavy atom. The molecule has 2 aromatic rings. The largest absolute Gasteiger partial charge is 0.371 e. The summed E-state index contributed by atoms with van der Waals surface area (Å²) in [7, 11) is 0. The number of anilines is 1. The normalized spacial score (nSPS) is 20.5. The first-order chi connectivity index (χ1) is 13.6. The molecule has 2 aliphatic heterocycles. The van der Waals surface area contributed by atoms with Crippen LogP contribution in [0.15, 0.2) is 42.5 Å². The number of nitro groups is 1. The molecule has 1 atom stereocenters. The van der Waals surface area contributed by atoms with Gasteiger partial charge in [-0.05, 0) is 43.0 Å². The molecule has 0 aliphatic carbocycles. The van der Waals surface area contributed by atoms with E-state index in [0.717, 1.165) is 55.7 Å². The standard InChI is InChI=1S/C21H24ClN3O3/c22-17-6-4-16(5-7-17)15-24-12-3-13-28-21(24)19-14-18(25(26)27)8-9-20(19)23-10-1-2-11-23/h4-9,14,21H,1-3,10-13,15H2/t21-/m1/s1. The number of ether oxygens (including phenoxy) is 1. The molecule has 2 aromatic carbocycles. The Morgan fingerprint density at radius 3 is 2.54 bits per heavy atom. The maximum Gasteiger partial charge on any atom is 0.270 e. The Balaban J connectivity index is 1.67. The van der Waals surface area contributed by atoms with Crippen LogP contribution in [0.2, 0.25) is 5.02 Å². The molecule has 6 nitrogen and oxygen atoms in total. The molecular weight excluding hydrogens is 378 g/mol. The molecule has 0 bridgehead atoms. The SMILES string of the molecule is O=[N+]([O-])c1ccc(N2CCCC2)c([C@H]2OCCCN2Cc2ccc(Cl)cc2)c1. The number of benzene rings is 2. The van der Waals surface area contributed by atoms with Crippen molar-refractivity contribution in [3.05, 3.63) is 68.7 Å². The highest BCUT2D eigenvalue weighted by molar-refractivity contribution is 6.30. The van der Waals surface area contributed by atoms with E-state index >= 15 is 0 Å². The van der Waals surface area contributed by atoms with E-state index in [4.69, 9.17) is 16.3 Å². The maximum absolute atomic E-state index is 11.4. The van der Waals surface area contributed by atoms with Gasteiger partial charge in [0.25, 0.3) is 5.69 Å². The van der Waals surface area contributed by atoms with Gasteiger partial charge in [-0.15, -0.1) is 0 Å². The van der Waals surface area contributed by atoms with Gasteiger partial charge >= 0.3 is 0 Å². The summed E-state index contributed by atoms with van der Waals surface area (Å²) >= 11 is 6.01. The van der Waals surface area contributed by atoms with E-state index < -0.39 is 0 Å². The first kappa shape index (κ1) is 19.2. The lowest BCUT2D eigenvalue weighted by Gasteiger charge is -2.37. The highest BCUT2D eigenvalue weighted by Gasteiger charge is 2.30. The molecule has 0 radical (unpaired) electrons. The Kier molecular flexibility index (Phi) is 5.80. The van der Waals surface area contributed by atoms with E-state index in [2.05, 4.69) is 9.80 Å². The van der Waals surface area contributed by atoms with Gasteiger partial charge in [-0.25, -0.2) is 0 Å². The lowest BCUT2D eigenvalue weighted by atomic mass is 10.1. The van der Waals surface area contributed by atoms with Gasteiger partial charge in [-0.1, -0.05) is 23.7 Å². The van der Waals surface area contributed by atoms with Gasteiger partial charge in [-0.3, -0.25) is 15.0 Å². The van der Waals surface area contributed by atoms with Crippen LogP contribution in [-0.2, 0) is 11.3 Å². The van der Waals surface area contributed by atoms with Crippen LogP contribution in [0, 0.1) is 10.1 Å². The van der Waals surface area contributed by atoms with Crippen molar-refractivity contribution in [2.45, 2.75) is 32.0 Å². The minimum absolute atomic E-state index is 0.110. The summed E-state index contributed by atoms with van der Waals surface area (Å²) in [6.45, 7) is 4.22. The van der Waals surface area contributed by atoms with Gasteiger partial charge in [0.15, 0.2) is 0 Å². The van der Waals surface area contributed by atoms with Crippen LogP contribution in [0.4, 0.5) is 11.4 Å². The summed E-state index contributed by atoms with van der Waals surface area (Å²) < 4.78 is 6.16. The quantitative estimate of drug-likeness (QED) is 0.533. The summed E-state index contributed by atoms with van der Waals surface area (Å²) in [5, 5.41) is 12.1. The van der Waals surface area contributed by atoms with Gasteiger partial charge in [-0.2, -0.15) is 0 Å². The third-order valence-electron chi connectivity index (χ3n) is 5.43. The second-order valence-corrected chi connectivity index (χ2v) is 7.80. The topological polar surface area (TPSA) is 58.9 Å². The van der Waals surface area contributed by atoms with Crippen LogP contribution in [0.5, 0.6) is 0 Å². The molecule has 0 saturated carbocycles. The van der Waals surface area contributed by atoms with Gasteiger partial charge in [0.1, 0.15) is 6.23 Å². The van der Waals surface area contributed by atoms with Crippen molar-refractivity contribution >= 4 is 23.0 Å². The first-order valence-electron chi connectivity index (χ1n) is 9.75. The molecule has 148 valence electrons. The number of rotatable bonds is 5. The van der Waals surface area contributed by atoms with E-state index in [9.17, 15) is 10.1 Å². The van der Waals surface area contributed by atoms with Crippen LogP contribution < -0.4 is 4.90 Å². The average Bonchev–Trinajstić information content (AvgIpc) is 3.24. The Morgan fingerprint density at radius 2 is 1.82 bits per heavy atom. The summed E-state index contributed by atoms with van der Waals surface area (Å²) in [5.41, 5.74) is 3.20. The van der Waals surface area contributed by atoms with E-state index in [1.54, 1.807) is 12.1 Å². The fraction of sp³-hybridized carbons (Fsp3) is 0.429. The zero-order valence-electron chi connectivity index (χ0n) is 15.7. The van der Waals surface area contributed by atoms with Crippen molar-refractivity contribution in [3.63, 3.8) is 0 Å². The molecule has 2 fully saturated rings. The van der Waals surface area contributed by atoms with Crippen LogP contribution in [-0.4, -0.2) is 36.1 Å². The molecule has 2 heterocycles. The fourth-order valence-corrected chi connectivity index (χ4v) is 4.18. The van der Waals surface area contributed by atoms with E-state index in [1.807, 2.05) is 30.3 Å². The molecule has 2 saturated heterocycles. The lowest BCUT2D eigenvalue weighted by molar-refractivity contribution is -0.385. The zero-order chi connectivity index (χ0) is 19.5. The van der Waals surface area contributed by atoms with Crippen LogP contribution in [0.25, 0.3) is 0 Å². The van der Waals surface area contributed by atoms with Crippen LogP contribution in [0.1, 0.15) is 36.6 Å². The average molecular weight is 402 g/mol. The van der Waals surface area contributed by atoms with Crippen LogP contribution in [0.3, 0.4) is 0 Å². The molecule has 0 aromatic heterocycles. The molecule has 4 rings (SSSR count). The minimum atomic E-state index is -0.330. The molecule has 0 unspecified atom stereocenters. The van der Waals surface area contributed by atoms with Crippen molar-refractivity contribution in [1.82, 2.24) is 4.90 Å². The van der Waals surface area contributed by atoms with E-state index in [1.165, 1.54) is 0 Å². The van der Waals surface area contributed by atoms with Gasteiger partial charge in [0, 0.05) is 54.6 Å². The number of nitrogens with zero attached hydrogens (tertiary/aromatic N) is 3. The predicted molar refractivity (Wildman–Crippen MR) is 110 cm³/mol. The summed E-state index contributed by atoms with van der Waals surface area (Å²) in [6.07, 6.45) is 2.95. The number of non-ortho nitro benzene ring substituents is 1. The summed E-state index contributed by atoms with van der Waals surface area (Å²) in [5.74, 6) is 0. The molecular formula is C21H24ClN3O3. The summed E-state index contributed by atoms with van der Waals surface area (Å²) in [4.78, 5) is 15.6. The van der Waals surface area contributed by atoms with Gasteiger partial charge in [0.05, 0.1) is 11.5 Å². The van der Waals surface area contributed by atoms with Crippen LogP contribution >= 0.6 is 11.6 Å². The minimum Gasteiger partial charge on any atom is -0.371 e. The number of nitro benzene ring substituents is 1. The molecule has 0 amide bonds. The van der Waals surface area contributed by atoms with Gasteiger partial charge < -0.3 is 9.64 Å². The van der Waals surface area contributed by atoms with Crippen molar-refractivity contribution in [3.8, 4) is 0 Å². The Bertz CT molecular complexity index is 837. The fourth-order valence-electron chi connectivity index (χ4n) is 4.06. The highest BCUT2D eigenvalue weighted by atomic mass is 35.5. The number of hydrogen-bond donors (Lipinski definition) is 0. The van der Waals surface area contributed by atoms with Crippen molar-refractivity contribution in [2.24, 2.45) is 0 Å². The molecule has 28 heavy (non-hydrogen) atoms. The molecule has 2 aliphatic rings. The highest BCUT2D eigenvalue weighted by Crippen LogP contribution is 2.37. The third-order valence-corrected chi connectivity index (χ3v) is 5.68.